The van der Waals surface area contributed by atoms with Gasteiger partial charge in [-0.1, -0.05) is 58.5 Å². The highest BCUT2D eigenvalue weighted by Crippen LogP contribution is 2.44. The minimum Gasteiger partial charge on any atom is -0.486 e. The molecule has 0 saturated carbocycles. The van der Waals surface area contributed by atoms with E-state index in [-0.39, 0.29) is 0 Å². The van der Waals surface area contributed by atoms with Gasteiger partial charge in [0.25, 0.3) is 0 Å². The molecular formula is C16H22Br2O2. The Morgan fingerprint density at radius 2 is 1.60 bits per heavy atom. The van der Waals surface area contributed by atoms with Gasteiger partial charge in [0.1, 0.15) is 13.2 Å². The maximum absolute atomic E-state index is 5.70. The Labute approximate surface area is 138 Å². The molecule has 1 aromatic rings. The molecule has 1 aliphatic rings. The third kappa shape index (κ3) is 3.70. The van der Waals surface area contributed by atoms with E-state index in [2.05, 4.69) is 51.8 Å². The summed E-state index contributed by atoms with van der Waals surface area (Å²) >= 11 is 7.59. The fraction of sp³-hybridized carbons (Fsp3) is 0.625. The molecule has 0 N–H and O–H groups in total. The first-order chi connectivity index (χ1) is 9.67. The zero-order chi connectivity index (χ0) is 14.5. The normalized spacial score (nSPS) is 15.4. The van der Waals surface area contributed by atoms with Crippen LogP contribution in [-0.4, -0.2) is 13.2 Å². The molecule has 4 heteroatoms. The molecule has 0 amide bonds. The van der Waals surface area contributed by atoms with Gasteiger partial charge in [0.15, 0.2) is 11.5 Å². The molecule has 20 heavy (non-hydrogen) atoms. The summed E-state index contributed by atoms with van der Waals surface area (Å²) in [6.07, 6.45) is 4.92. The predicted molar refractivity (Wildman–Crippen MR) is 90.1 cm³/mol. The Morgan fingerprint density at radius 1 is 1.05 bits per heavy atom. The molecule has 1 aromatic carbocycles. The van der Waals surface area contributed by atoms with Crippen molar-refractivity contribution in [3.8, 4) is 11.5 Å². The molecule has 1 heterocycles. The van der Waals surface area contributed by atoms with E-state index >= 15 is 0 Å². The van der Waals surface area contributed by atoms with Crippen molar-refractivity contribution < 1.29 is 9.47 Å². The molecule has 0 fully saturated rings. The molecule has 1 aliphatic heterocycles. The smallest absolute Gasteiger partial charge is 0.162 e. The standard InChI is InChI=1S/C16H22Br2O2/c1-3-5-11(6-4-2)16(18)12-9-14-15(10-13(12)17)20-8-7-19-14/h9-11,16H,3-8H2,1-2H3. The number of alkyl halides is 1. The molecule has 1 unspecified atom stereocenters. The number of rotatable bonds is 6. The quantitative estimate of drug-likeness (QED) is 0.550. The summed E-state index contributed by atoms with van der Waals surface area (Å²) in [6, 6.07) is 4.16. The van der Waals surface area contributed by atoms with Crippen LogP contribution in [-0.2, 0) is 0 Å². The molecule has 1 atom stereocenters. The van der Waals surface area contributed by atoms with Crippen molar-refractivity contribution in [2.24, 2.45) is 5.92 Å². The summed E-state index contributed by atoms with van der Waals surface area (Å²) in [5.41, 5.74) is 1.26. The van der Waals surface area contributed by atoms with Crippen LogP contribution < -0.4 is 9.47 Å². The fourth-order valence-electron chi connectivity index (χ4n) is 2.72. The van der Waals surface area contributed by atoms with Crippen molar-refractivity contribution in [2.75, 3.05) is 13.2 Å². The highest BCUT2D eigenvalue weighted by atomic mass is 79.9. The van der Waals surface area contributed by atoms with Gasteiger partial charge in [0.05, 0.1) is 0 Å². The molecule has 0 aromatic heterocycles. The molecule has 112 valence electrons. The van der Waals surface area contributed by atoms with Gasteiger partial charge in [-0.3, -0.25) is 0 Å². The average molecular weight is 406 g/mol. The Balaban J connectivity index is 2.25. The molecule has 2 rings (SSSR count). The van der Waals surface area contributed by atoms with Crippen molar-refractivity contribution in [2.45, 2.75) is 44.4 Å². The van der Waals surface area contributed by atoms with Crippen molar-refractivity contribution in [1.29, 1.82) is 0 Å². The summed E-state index contributed by atoms with van der Waals surface area (Å²) < 4.78 is 12.4. The second-order valence-corrected chi connectivity index (χ2v) is 7.10. The second-order valence-electron chi connectivity index (χ2n) is 5.26. The lowest BCUT2D eigenvalue weighted by Crippen LogP contribution is -2.16. The first-order valence-corrected chi connectivity index (χ1v) is 9.11. The number of halogens is 2. The summed E-state index contributed by atoms with van der Waals surface area (Å²) in [4.78, 5) is 0.354. The highest BCUT2D eigenvalue weighted by Gasteiger charge is 2.24. The summed E-state index contributed by atoms with van der Waals surface area (Å²) in [5, 5.41) is 0. The maximum atomic E-state index is 5.70. The van der Waals surface area contributed by atoms with Gasteiger partial charge in [-0.05, 0) is 36.5 Å². The van der Waals surface area contributed by atoms with Crippen LogP contribution in [0.25, 0.3) is 0 Å². The summed E-state index contributed by atoms with van der Waals surface area (Å²) in [5.74, 6) is 2.36. The van der Waals surface area contributed by atoms with Gasteiger partial charge >= 0.3 is 0 Å². The molecular weight excluding hydrogens is 384 g/mol. The van der Waals surface area contributed by atoms with Crippen LogP contribution in [0.4, 0.5) is 0 Å². The third-order valence-corrected chi connectivity index (χ3v) is 5.62. The first kappa shape index (κ1) is 16.2. The Bertz CT molecular complexity index is 442. The molecule has 0 aliphatic carbocycles. The van der Waals surface area contributed by atoms with Crippen LogP contribution in [0.2, 0.25) is 0 Å². The number of ether oxygens (including phenoxy) is 2. The zero-order valence-corrected chi connectivity index (χ0v) is 15.3. The topological polar surface area (TPSA) is 18.5 Å². The van der Waals surface area contributed by atoms with E-state index < -0.39 is 0 Å². The average Bonchev–Trinajstić information content (AvgIpc) is 2.45. The minimum absolute atomic E-state index is 0.354. The van der Waals surface area contributed by atoms with Crippen molar-refractivity contribution in [3.63, 3.8) is 0 Å². The lowest BCUT2D eigenvalue weighted by atomic mass is 9.91. The largest absolute Gasteiger partial charge is 0.486 e. The Hall–Kier alpha value is -0.220. The number of benzene rings is 1. The SMILES string of the molecule is CCCC(CCC)C(Br)c1cc2c(cc1Br)OCCO2. The predicted octanol–water partition coefficient (Wildman–Crippen LogP) is 5.87. The molecule has 2 nitrogen and oxygen atoms in total. The van der Waals surface area contributed by atoms with Gasteiger partial charge in [-0.15, -0.1) is 0 Å². The number of hydrogen-bond acceptors (Lipinski definition) is 2. The summed E-state index contributed by atoms with van der Waals surface area (Å²) in [6.45, 7) is 5.77. The number of fused-ring (bicyclic) bond motifs is 1. The van der Waals surface area contributed by atoms with Gasteiger partial charge in [0, 0.05) is 9.30 Å². The van der Waals surface area contributed by atoms with Crippen molar-refractivity contribution in [1.82, 2.24) is 0 Å². The molecule has 0 saturated heterocycles. The van der Waals surface area contributed by atoms with E-state index in [0.29, 0.717) is 24.0 Å². The van der Waals surface area contributed by atoms with Crippen LogP contribution in [0.3, 0.4) is 0 Å². The van der Waals surface area contributed by atoms with Crippen LogP contribution in [0.15, 0.2) is 16.6 Å². The molecule has 0 radical (unpaired) electrons. The van der Waals surface area contributed by atoms with Crippen LogP contribution in [0.5, 0.6) is 11.5 Å². The first-order valence-electron chi connectivity index (χ1n) is 7.40. The van der Waals surface area contributed by atoms with Gasteiger partial charge in [-0.2, -0.15) is 0 Å². The second kappa shape index (κ2) is 7.69. The van der Waals surface area contributed by atoms with Gasteiger partial charge < -0.3 is 9.47 Å². The lowest BCUT2D eigenvalue weighted by molar-refractivity contribution is 0.171. The maximum Gasteiger partial charge on any atom is 0.162 e. The number of hydrogen-bond donors (Lipinski definition) is 0. The van der Waals surface area contributed by atoms with E-state index in [1.54, 1.807) is 0 Å². The van der Waals surface area contributed by atoms with E-state index in [0.717, 1.165) is 16.0 Å². The van der Waals surface area contributed by atoms with E-state index in [1.165, 1.54) is 31.2 Å². The van der Waals surface area contributed by atoms with Crippen molar-refractivity contribution >= 4 is 31.9 Å². The molecule has 0 bridgehead atoms. The molecule has 0 spiro atoms. The van der Waals surface area contributed by atoms with Crippen LogP contribution in [0, 0.1) is 5.92 Å². The lowest BCUT2D eigenvalue weighted by Gasteiger charge is -2.25. The Kier molecular flexibility index (Phi) is 6.21. The fourth-order valence-corrected chi connectivity index (χ4v) is 4.51. The minimum atomic E-state index is 0.354. The van der Waals surface area contributed by atoms with Crippen molar-refractivity contribution in [3.05, 3.63) is 22.2 Å². The monoisotopic (exact) mass is 404 g/mol. The van der Waals surface area contributed by atoms with E-state index in [4.69, 9.17) is 9.47 Å². The van der Waals surface area contributed by atoms with Crippen LogP contribution in [0.1, 0.15) is 49.9 Å². The van der Waals surface area contributed by atoms with Gasteiger partial charge in [0.2, 0.25) is 0 Å². The summed E-state index contributed by atoms with van der Waals surface area (Å²) in [7, 11) is 0. The van der Waals surface area contributed by atoms with E-state index in [9.17, 15) is 0 Å². The highest BCUT2D eigenvalue weighted by molar-refractivity contribution is 9.11. The van der Waals surface area contributed by atoms with Crippen LogP contribution >= 0.6 is 31.9 Å². The Morgan fingerprint density at radius 3 is 2.15 bits per heavy atom. The third-order valence-electron chi connectivity index (χ3n) is 3.69. The van der Waals surface area contributed by atoms with E-state index in [1.807, 2.05) is 6.07 Å². The van der Waals surface area contributed by atoms with Gasteiger partial charge in [-0.25, -0.2) is 0 Å². The zero-order valence-electron chi connectivity index (χ0n) is 12.1.